The molecule has 7 nitrogen and oxygen atoms in total. The Balaban J connectivity index is 2.13. The summed E-state index contributed by atoms with van der Waals surface area (Å²) in [6.45, 7) is 1.47. The highest BCUT2D eigenvalue weighted by Crippen LogP contribution is 2.23. The van der Waals surface area contributed by atoms with Crippen LogP contribution in [0.5, 0.6) is 0 Å². The second-order valence-corrected chi connectivity index (χ2v) is 4.61. The number of hydrogen-bond acceptors (Lipinski definition) is 5. The van der Waals surface area contributed by atoms with Crippen LogP contribution < -0.4 is 15.5 Å². The van der Waals surface area contributed by atoms with Crippen LogP contribution in [0.15, 0.2) is 24.3 Å². The van der Waals surface area contributed by atoms with Crippen molar-refractivity contribution in [2.45, 2.75) is 19.1 Å². The summed E-state index contributed by atoms with van der Waals surface area (Å²) in [5.74, 6) is -0.303. The van der Waals surface area contributed by atoms with Crippen molar-refractivity contribution < 1.29 is 19.8 Å². The van der Waals surface area contributed by atoms with Crippen molar-refractivity contribution in [1.82, 2.24) is 5.32 Å². The number of anilines is 2. The molecule has 2 rings (SSSR count). The van der Waals surface area contributed by atoms with Gasteiger partial charge in [-0.15, -0.1) is 0 Å². The van der Waals surface area contributed by atoms with Crippen molar-refractivity contribution in [2.24, 2.45) is 0 Å². The van der Waals surface area contributed by atoms with E-state index in [4.69, 9.17) is 5.11 Å². The molecule has 0 bridgehead atoms. The third-order valence-corrected chi connectivity index (χ3v) is 2.99. The number of amides is 3. The summed E-state index contributed by atoms with van der Waals surface area (Å²) >= 11 is 0. The summed E-state index contributed by atoms with van der Waals surface area (Å²) in [4.78, 5) is 24.7. The van der Waals surface area contributed by atoms with E-state index >= 15 is 0 Å². The fourth-order valence-corrected chi connectivity index (χ4v) is 1.90. The van der Waals surface area contributed by atoms with Gasteiger partial charge in [-0.05, 0) is 25.1 Å². The fraction of sp³-hybridized carbons (Fsp3) is 0.385. The van der Waals surface area contributed by atoms with Crippen molar-refractivity contribution in [1.29, 1.82) is 0 Å². The molecular weight excluding hydrogens is 262 g/mol. The zero-order valence-corrected chi connectivity index (χ0v) is 11.0. The maximum atomic E-state index is 11.9. The Morgan fingerprint density at radius 1 is 1.45 bits per heavy atom. The third-order valence-electron chi connectivity index (χ3n) is 2.99. The molecule has 0 saturated carbocycles. The molecule has 2 unspecified atom stereocenters. The fourth-order valence-electron chi connectivity index (χ4n) is 1.90. The summed E-state index contributed by atoms with van der Waals surface area (Å²) in [6.07, 6.45) is -0.865. The number of imide groups is 1. The molecule has 1 aliphatic heterocycles. The van der Waals surface area contributed by atoms with E-state index in [9.17, 15) is 14.7 Å². The van der Waals surface area contributed by atoms with E-state index in [1.807, 2.05) is 0 Å². The van der Waals surface area contributed by atoms with Crippen LogP contribution >= 0.6 is 0 Å². The summed E-state index contributed by atoms with van der Waals surface area (Å²) in [5, 5.41) is 23.5. The Bertz CT molecular complexity index is 520. The van der Waals surface area contributed by atoms with Gasteiger partial charge in [0.15, 0.2) is 0 Å². The lowest BCUT2D eigenvalue weighted by Crippen LogP contribution is -2.31. The number of benzene rings is 1. The molecule has 4 N–H and O–H groups in total. The average molecular weight is 279 g/mol. The van der Waals surface area contributed by atoms with Crippen molar-refractivity contribution in [3.05, 3.63) is 24.3 Å². The maximum absolute atomic E-state index is 11.9. The number of aliphatic hydroxyl groups excluding tert-OH is 2. The minimum atomic E-state index is -0.865. The zero-order valence-electron chi connectivity index (χ0n) is 11.0. The van der Waals surface area contributed by atoms with E-state index in [0.717, 1.165) is 4.90 Å². The molecule has 0 aliphatic carbocycles. The number of nitrogens with one attached hydrogen (secondary N) is 2. The summed E-state index contributed by atoms with van der Waals surface area (Å²) in [7, 11) is 0. The quantitative estimate of drug-likeness (QED) is 0.564. The average Bonchev–Trinajstić information content (AvgIpc) is 2.70. The van der Waals surface area contributed by atoms with Crippen LogP contribution in [-0.4, -0.2) is 47.4 Å². The van der Waals surface area contributed by atoms with Gasteiger partial charge in [0.25, 0.3) is 5.91 Å². The highest BCUT2D eigenvalue weighted by atomic mass is 16.3. The Morgan fingerprint density at radius 3 is 2.80 bits per heavy atom. The summed E-state index contributed by atoms with van der Waals surface area (Å²) in [5.41, 5.74) is 1.11. The number of aliphatic hydroxyl groups is 2. The number of rotatable bonds is 5. The Hall–Kier alpha value is -2.12. The molecule has 20 heavy (non-hydrogen) atoms. The highest BCUT2D eigenvalue weighted by Gasteiger charge is 2.36. The van der Waals surface area contributed by atoms with E-state index in [1.54, 1.807) is 31.2 Å². The molecule has 0 spiro atoms. The Labute approximate surface area is 116 Å². The van der Waals surface area contributed by atoms with Crippen LogP contribution in [0, 0.1) is 0 Å². The van der Waals surface area contributed by atoms with Gasteiger partial charge in [0.1, 0.15) is 6.04 Å². The molecule has 7 heteroatoms. The van der Waals surface area contributed by atoms with Crippen molar-refractivity contribution >= 4 is 23.3 Å². The molecule has 1 saturated heterocycles. The number of carbonyl (C=O) groups is 2. The second-order valence-electron chi connectivity index (χ2n) is 4.61. The van der Waals surface area contributed by atoms with E-state index in [0.29, 0.717) is 11.4 Å². The van der Waals surface area contributed by atoms with Gasteiger partial charge in [-0.25, -0.2) is 9.69 Å². The molecule has 108 valence electrons. The van der Waals surface area contributed by atoms with Crippen LogP contribution in [-0.2, 0) is 4.79 Å². The standard InChI is InChI=1S/C13H17N3O4/c1-8-12(19)16(13(20)15-8)10-4-2-3-9(5-10)14-6-11(18)7-17/h2-5,8,11,14,17-18H,6-7H2,1H3,(H,15,20). The predicted molar refractivity (Wildman–Crippen MR) is 73.5 cm³/mol. The monoisotopic (exact) mass is 279 g/mol. The van der Waals surface area contributed by atoms with Crippen molar-refractivity contribution in [3.8, 4) is 0 Å². The first-order chi connectivity index (χ1) is 9.52. The van der Waals surface area contributed by atoms with Gasteiger partial charge >= 0.3 is 6.03 Å². The predicted octanol–water partition coefficient (Wildman–Crippen LogP) is -0.104. The van der Waals surface area contributed by atoms with Gasteiger partial charge in [0.2, 0.25) is 0 Å². The molecular formula is C13H17N3O4. The van der Waals surface area contributed by atoms with E-state index < -0.39 is 18.2 Å². The van der Waals surface area contributed by atoms with Gasteiger partial charge in [0, 0.05) is 12.2 Å². The molecule has 0 aromatic heterocycles. The van der Waals surface area contributed by atoms with Gasteiger partial charge in [-0.3, -0.25) is 4.79 Å². The Kier molecular flexibility index (Phi) is 4.21. The highest BCUT2D eigenvalue weighted by molar-refractivity contribution is 6.21. The molecule has 3 amide bonds. The van der Waals surface area contributed by atoms with Crippen LogP contribution in [0.3, 0.4) is 0 Å². The molecule has 1 aliphatic rings. The molecule has 1 aromatic rings. The number of hydrogen-bond donors (Lipinski definition) is 4. The van der Waals surface area contributed by atoms with Crippen LogP contribution in [0.4, 0.5) is 16.2 Å². The van der Waals surface area contributed by atoms with Crippen molar-refractivity contribution in [2.75, 3.05) is 23.4 Å². The summed E-state index contributed by atoms with van der Waals surface area (Å²) in [6, 6.07) is 5.76. The molecule has 2 atom stereocenters. The lowest BCUT2D eigenvalue weighted by Gasteiger charge is -2.15. The smallest absolute Gasteiger partial charge is 0.329 e. The molecule has 0 radical (unpaired) electrons. The van der Waals surface area contributed by atoms with Gasteiger partial charge in [-0.1, -0.05) is 6.07 Å². The van der Waals surface area contributed by atoms with Crippen LogP contribution in [0.25, 0.3) is 0 Å². The maximum Gasteiger partial charge on any atom is 0.329 e. The number of carbonyl (C=O) groups excluding carboxylic acids is 2. The van der Waals surface area contributed by atoms with Crippen molar-refractivity contribution in [3.63, 3.8) is 0 Å². The second kappa shape index (κ2) is 5.89. The summed E-state index contributed by atoms with van der Waals surface area (Å²) < 4.78 is 0. The number of urea groups is 1. The van der Waals surface area contributed by atoms with E-state index in [2.05, 4.69) is 10.6 Å². The first-order valence-electron chi connectivity index (χ1n) is 6.30. The first kappa shape index (κ1) is 14.3. The van der Waals surface area contributed by atoms with Gasteiger partial charge in [0.05, 0.1) is 18.4 Å². The minimum absolute atomic E-state index is 0.177. The Morgan fingerprint density at radius 2 is 2.20 bits per heavy atom. The SMILES string of the molecule is CC1NC(=O)N(c2cccc(NCC(O)CO)c2)C1=O. The molecule has 1 fully saturated rings. The molecule has 1 heterocycles. The van der Waals surface area contributed by atoms with E-state index in [1.165, 1.54) is 0 Å². The minimum Gasteiger partial charge on any atom is -0.394 e. The third kappa shape index (κ3) is 2.89. The lowest BCUT2D eigenvalue weighted by atomic mass is 10.2. The largest absolute Gasteiger partial charge is 0.394 e. The van der Waals surface area contributed by atoms with Crippen LogP contribution in [0.1, 0.15) is 6.92 Å². The van der Waals surface area contributed by atoms with Crippen LogP contribution in [0.2, 0.25) is 0 Å². The normalized spacial score (nSPS) is 19.9. The molecule has 1 aromatic carbocycles. The van der Waals surface area contributed by atoms with E-state index in [-0.39, 0.29) is 19.1 Å². The van der Waals surface area contributed by atoms with Gasteiger partial charge < -0.3 is 20.8 Å². The van der Waals surface area contributed by atoms with Gasteiger partial charge in [-0.2, -0.15) is 0 Å². The zero-order chi connectivity index (χ0) is 14.7. The topological polar surface area (TPSA) is 102 Å². The number of nitrogens with zero attached hydrogens (tertiary/aromatic N) is 1. The lowest BCUT2D eigenvalue weighted by molar-refractivity contribution is -0.117. The first-order valence-corrected chi connectivity index (χ1v) is 6.30.